The fourth-order valence-corrected chi connectivity index (χ4v) is 2.47. The van der Waals surface area contributed by atoms with Gasteiger partial charge in [-0.3, -0.25) is 4.79 Å². The van der Waals surface area contributed by atoms with Crippen LogP contribution in [0.15, 0.2) is 54.6 Å². The van der Waals surface area contributed by atoms with Crippen molar-refractivity contribution in [1.29, 1.82) is 0 Å². The number of carbonyl (C=O) groups is 1. The maximum Gasteiger partial charge on any atom is 0.160 e. The highest BCUT2D eigenvalue weighted by Gasteiger charge is 2.10. The molecule has 1 aliphatic rings. The van der Waals surface area contributed by atoms with Gasteiger partial charge in [-0.05, 0) is 28.5 Å². The minimum absolute atomic E-state index is 0.208. The summed E-state index contributed by atoms with van der Waals surface area (Å²) in [6.07, 6.45) is 3.16. The first kappa shape index (κ1) is 11.0. The number of ketones is 1. The van der Waals surface area contributed by atoms with Gasteiger partial charge in [0.1, 0.15) is 0 Å². The summed E-state index contributed by atoms with van der Waals surface area (Å²) in [5.41, 5.74) is 2.49. The molecule has 0 aromatic heterocycles. The van der Waals surface area contributed by atoms with Crippen LogP contribution < -0.4 is 10.4 Å². The molecule has 0 fully saturated rings. The summed E-state index contributed by atoms with van der Waals surface area (Å²) >= 11 is 0. The predicted octanol–water partition coefficient (Wildman–Crippen LogP) is 1.83. The Hall–Kier alpha value is -2.15. The molecule has 0 radical (unpaired) electrons. The molecule has 0 amide bonds. The van der Waals surface area contributed by atoms with Crippen molar-refractivity contribution in [3.63, 3.8) is 0 Å². The van der Waals surface area contributed by atoms with Crippen LogP contribution in [0.2, 0.25) is 0 Å². The summed E-state index contributed by atoms with van der Waals surface area (Å²) in [4.78, 5) is 11.8. The van der Waals surface area contributed by atoms with E-state index in [2.05, 4.69) is 18.2 Å². The Morgan fingerprint density at radius 2 is 1.61 bits per heavy atom. The van der Waals surface area contributed by atoms with Gasteiger partial charge in [0.2, 0.25) is 0 Å². The molecule has 88 valence electrons. The molecule has 0 bridgehead atoms. The van der Waals surface area contributed by atoms with Crippen molar-refractivity contribution >= 4 is 17.4 Å². The molecule has 2 aromatic rings. The zero-order valence-corrected chi connectivity index (χ0v) is 10.1. The average Bonchev–Trinajstić information content (AvgIpc) is 2.40. The van der Waals surface area contributed by atoms with Gasteiger partial charge >= 0.3 is 0 Å². The Morgan fingerprint density at radius 1 is 0.889 bits per heavy atom. The van der Waals surface area contributed by atoms with Crippen molar-refractivity contribution in [2.75, 3.05) is 0 Å². The summed E-state index contributed by atoms with van der Waals surface area (Å²) in [5, 5.41) is 2.28. The third-order valence-electron chi connectivity index (χ3n) is 3.31. The molecule has 0 atom stereocenters. The van der Waals surface area contributed by atoms with E-state index >= 15 is 0 Å². The smallest absolute Gasteiger partial charge is 0.160 e. The minimum Gasteiger partial charge on any atom is -0.294 e. The monoisotopic (exact) mass is 234 g/mol. The first-order valence-corrected chi connectivity index (χ1v) is 6.18. The maximum absolute atomic E-state index is 11.8. The molecule has 18 heavy (non-hydrogen) atoms. The molecule has 0 aliphatic heterocycles. The number of hydrogen-bond donors (Lipinski definition) is 0. The van der Waals surface area contributed by atoms with E-state index < -0.39 is 0 Å². The molecule has 0 saturated heterocycles. The van der Waals surface area contributed by atoms with Gasteiger partial charge in [-0.25, -0.2) is 0 Å². The molecule has 1 nitrogen and oxygen atoms in total. The largest absolute Gasteiger partial charge is 0.294 e. The van der Waals surface area contributed by atoms with Crippen molar-refractivity contribution in [2.24, 2.45) is 0 Å². The van der Waals surface area contributed by atoms with E-state index in [9.17, 15) is 4.79 Å². The van der Waals surface area contributed by atoms with Crippen molar-refractivity contribution in [2.45, 2.75) is 12.8 Å². The van der Waals surface area contributed by atoms with E-state index in [4.69, 9.17) is 0 Å². The maximum atomic E-state index is 11.8. The second kappa shape index (κ2) is 4.61. The molecule has 0 unspecified atom stereocenters. The van der Waals surface area contributed by atoms with Gasteiger partial charge in [0.15, 0.2) is 5.78 Å². The summed E-state index contributed by atoms with van der Waals surface area (Å²) in [5.74, 6) is 0.208. The second-order valence-electron chi connectivity index (χ2n) is 4.64. The van der Waals surface area contributed by atoms with Crippen molar-refractivity contribution < 1.29 is 4.79 Å². The van der Waals surface area contributed by atoms with Gasteiger partial charge < -0.3 is 0 Å². The zero-order chi connectivity index (χ0) is 12.4. The van der Waals surface area contributed by atoms with Crippen molar-refractivity contribution in [3.05, 3.63) is 70.6 Å². The van der Waals surface area contributed by atoms with Crippen LogP contribution in [0.4, 0.5) is 0 Å². The number of rotatable bonds is 2. The Balaban J connectivity index is 2.12. The number of carbonyl (C=O) groups excluding carboxylic acids is 1. The van der Waals surface area contributed by atoms with E-state index in [1.165, 1.54) is 16.4 Å². The molecule has 1 heteroatoms. The predicted molar refractivity (Wildman–Crippen MR) is 73.3 cm³/mol. The zero-order valence-electron chi connectivity index (χ0n) is 10.1. The average molecular weight is 234 g/mol. The highest BCUT2D eigenvalue weighted by molar-refractivity contribution is 6.10. The van der Waals surface area contributed by atoms with Crippen LogP contribution in [-0.4, -0.2) is 5.78 Å². The standard InChI is InChI=1S/C17H14O/c18-16-11-14-8-4-5-9-17(14)15(12-16)10-13-6-2-1-3-7-13/h1-9,11H,10,12H2. The summed E-state index contributed by atoms with van der Waals surface area (Å²) < 4.78 is 0. The molecule has 3 rings (SSSR count). The number of fused-ring (bicyclic) bond motifs is 1. The quantitative estimate of drug-likeness (QED) is 0.775. The molecule has 0 saturated carbocycles. The van der Waals surface area contributed by atoms with E-state index in [-0.39, 0.29) is 5.78 Å². The fraction of sp³-hybridized carbons (Fsp3) is 0.118. The summed E-state index contributed by atoms with van der Waals surface area (Å²) in [6.45, 7) is 0. The third-order valence-corrected chi connectivity index (χ3v) is 3.31. The lowest BCUT2D eigenvalue weighted by Crippen LogP contribution is -2.32. The minimum atomic E-state index is 0.208. The number of hydrogen-bond acceptors (Lipinski definition) is 1. The van der Waals surface area contributed by atoms with Crippen LogP contribution in [0.25, 0.3) is 11.6 Å². The first-order valence-electron chi connectivity index (χ1n) is 6.18. The van der Waals surface area contributed by atoms with Crippen LogP contribution in [0, 0.1) is 0 Å². The lowest BCUT2D eigenvalue weighted by Gasteiger charge is -2.10. The van der Waals surface area contributed by atoms with Crippen LogP contribution in [0.5, 0.6) is 0 Å². The van der Waals surface area contributed by atoms with E-state index in [0.717, 1.165) is 11.6 Å². The normalized spacial score (nSPS) is 14.0. The van der Waals surface area contributed by atoms with Gasteiger partial charge in [-0.1, -0.05) is 60.2 Å². The van der Waals surface area contributed by atoms with Gasteiger partial charge in [0.05, 0.1) is 0 Å². The third kappa shape index (κ3) is 2.12. The number of Topliss-reactive ketones (excluding diaryl/α,β-unsaturated/α-hetero) is 1. The lowest BCUT2D eigenvalue weighted by molar-refractivity contribution is -0.112. The number of benzene rings is 2. The van der Waals surface area contributed by atoms with E-state index in [1.54, 1.807) is 6.08 Å². The Bertz CT molecular complexity index is 696. The molecule has 0 N–H and O–H groups in total. The van der Waals surface area contributed by atoms with Crippen molar-refractivity contribution in [3.8, 4) is 0 Å². The van der Waals surface area contributed by atoms with Crippen LogP contribution in [0.1, 0.15) is 12.0 Å². The molecule has 2 aromatic carbocycles. The van der Waals surface area contributed by atoms with Crippen LogP contribution in [0.3, 0.4) is 0 Å². The lowest BCUT2D eigenvalue weighted by atomic mass is 9.93. The Kier molecular flexibility index (Phi) is 2.81. The van der Waals surface area contributed by atoms with Gasteiger partial charge in [-0.15, -0.1) is 0 Å². The van der Waals surface area contributed by atoms with Gasteiger partial charge in [0, 0.05) is 6.42 Å². The van der Waals surface area contributed by atoms with Gasteiger partial charge in [0.25, 0.3) is 0 Å². The SMILES string of the molecule is O=C1C=c2ccccc2=C(Cc2ccccc2)C1. The van der Waals surface area contributed by atoms with Crippen LogP contribution in [-0.2, 0) is 11.2 Å². The first-order chi connectivity index (χ1) is 8.83. The van der Waals surface area contributed by atoms with Gasteiger partial charge in [-0.2, -0.15) is 0 Å². The van der Waals surface area contributed by atoms with E-state index in [1.807, 2.05) is 36.4 Å². The molecule has 1 aliphatic carbocycles. The molecule has 0 spiro atoms. The Labute approximate surface area is 106 Å². The molecular formula is C17H14O. The topological polar surface area (TPSA) is 17.1 Å². The summed E-state index contributed by atoms with van der Waals surface area (Å²) in [7, 11) is 0. The highest BCUT2D eigenvalue weighted by atomic mass is 16.1. The Morgan fingerprint density at radius 3 is 2.44 bits per heavy atom. The summed E-state index contributed by atoms with van der Waals surface area (Å²) in [6, 6.07) is 18.4. The highest BCUT2D eigenvalue weighted by Crippen LogP contribution is 2.13. The van der Waals surface area contributed by atoms with Crippen LogP contribution >= 0.6 is 0 Å². The second-order valence-corrected chi connectivity index (χ2v) is 4.64. The molecular weight excluding hydrogens is 220 g/mol. The van der Waals surface area contributed by atoms with Crippen molar-refractivity contribution in [1.82, 2.24) is 0 Å². The molecule has 0 heterocycles. The van der Waals surface area contributed by atoms with E-state index in [0.29, 0.717) is 6.42 Å². The fourth-order valence-electron chi connectivity index (χ4n) is 2.47.